The van der Waals surface area contributed by atoms with Gasteiger partial charge in [-0.15, -0.1) is 0 Å². The van der Waals surface area contributed by atoms with E-state index in [4.69, 9.17) is 23.2 Å². The van der Waals surface area contributed by atoms with Gasteiger partial charge in [0.05, 0.1) is 0 Å². The summed E-state index contributed by atoms with van der Waals surface area (Å²) in [5.74, 6) is 0. The van der Waals surface area contributed by atoms with Gasteiger partial charge in [0, 0.05) is 20.6 Å². The Bertz CT molecular complexity index is 564. The first-order chi connectivity index (χ1) is 10.1. The molecule has 21 heavy (non-hydrogen) atoms. The fourth-order valence-corrected chi connectivity index (χ4v) is 3.20. The number of halogens is 3. The monoisotopic (exact) mass is 385 g/mol. The third kappa shape index (κ3) is 5.00. The molecular weight excluding hydrogens is 369 g/mol. The summed E-state index contributed by atoms with van der Waals surface area (Å²) in [5, 5.41) is 4.99. The van der Waals surface area contributed by atoms with E-state index >= 15 is 0 Å². The second-order valence-electron chi connectivity index (χ2n) is 4.99. The molecule has 0 saturated carbocycles. The summed E-state index contributed by atoms with van der Waals surface area (Å²) < 4.78 is 1.10. The molecule has 0 amide bonds. The molecule has 2 rings (SSSR count). The molecule has 0 spiro atoms. The lowest BCUT2D eigenvalue weighted by Gasteiger charge is -2.19. The fourth-order valence-electron chi connectivity index (χ4n) is 2.38. The summed E-state index contributed by atoms with van der Waals surface area (Å²) in [5.41, 5.74) is 2.32. The molecule has 0 aromatic heterocycles. The molecule has 0 saturated heterocycles. The van der Waals surface area contributed by atoms with Gasteiger partial charge in [0.15, 0.2) is 0 Å². The Morgan fingerprint density at radius 3 is 2.19 bits per heavy atom. The normalized spacial score (nSPS) is 12.4. The first kappa shape index (κ1) is 16.8. The number of hydrogen-bond donors (Lipinski definition) is 1. The van der Waals surface area contributed by atoms with E-state index in [1.165, 1.54) is 5.56 Å². The molecule has 1 nitrogen and oxygen atoms in total. The van der Waals surface area contributed by atoms with Crippen molar-refractivity contribution in [2.24, 2.45) is 0 Å². The van der Waals surface area contributed by atoms with E-state index in [1.54, 1.807) is 0 Å². The molecule has 2 aromatic rings. The Morgan fingerprint density at radius 1 is 1.00 bits per heavy atom. The van der Waals surface area contributed by atoms with Crippen LogP contribution in [0.15, 0.2) is 46.9 Å². The van der Waals surface area contributed by atoms with E-state index in [0.717, 1.165) is 39.5 Å². The van der Waals surface area contributed by atoms with Gasteiger partial charge in [0.2, 0.25) is 0 Å². The molecule has 0 aliphatic heterocycles. The van der Waals surface area contributed by atoms with Crippen LogP contribution >= 0.6 is 39.1 Å². The van der Waals surface area contributed by atoms with Crippen LogP contribution in [-0.4, -0.2) is 12.6 Å². The van der Waals surface area contributed by atoms with Gasteiger partial charge in [0.1, 0.15) is 0 Å². The van der Waals surface area contributed by atoms with E-state index in [0.29, 0.717) is 6.04 Å². The Balaban J connectivity index is 2.13. The van der Waals surface area contributed by atoms with E-state index in [-0.39, 0.29) is 0 Å². The van der Waals surface area contributed by atoms with Crippen LogP contribution in [0.1, 0.15) is 18.1 Å². The molecule has 1 N–H and O–H groups in total. The number of nitrogens with one attached hydrogen (secondary N) is 1. The number of benzene rings is 2. The molecule has 1 unspecified atom stereocenters. The first-order valence-corrected chi connectivity index (χ1v) is 8.55. The van der Waals surface area contributed by atoms with Gasteiger partial charge >= 0.3 is 0 Å². The van der Waals surface area contributed by atoms with E-state index in [1.807, 2.05) is 18.2 Å². The molecule has 0 heterocycles. The largest absolute Gasteiger partial charge is 0.314 e. The van der Waals surface area contributed by atoms with Crippen molar-refractivity contribution in [1.29, 1.82) is 0 Å². The second kappa shape index (κ2) is 8.19. The van der Waals surface area contributed by atoms with Gasteiger partial charge in [-0.1, -0.05) is 64.3 Å². The zero-order valence-corrected chi connectivity index (χ0v) is 15.0. The van der Waals surface area contributed by atoms with Crippen LogP contribution < -0.4 is 5.32 Å². The lowest BCUT2D eigenvalue weighted by Crippen LogP contribution is -2.33. The third-order valence-electron chi connectivity index (χ3n) is 3.40. The highest BCUT2D eigenvalue weighted by atomic mass is 79.9. The lowest BCUT2D eigenvalue weighted by molar-refractivity contribution is 0.521. The minimum Gasteiger partial charge on any atom is -0.314 e. The van der Waals surface area contributed by atoms with E-state index in [2.05, 4.69) is 52.4 Å². The predicted octanol–water partition coefficient (Wildman–Crippen LogP) is 5.52. The van der Waals surface area contributed by atoms with Crippen LogP contribution in [0.4, 0.5) is 0 Å². The quantitative estimate of drug-likeness (QED) is 0.689. The number of hydrogen-bond acceptors (Lipinski definition) is 1. The highest BCUT2D eigenvalue weighted by molar-refractivity contribution is 9.10. The van der Waals surface area contributed by atoms with E-state index < -0.39 is 0 Å². The van der Waals surface area contributed by atoms with Crippen molar-refractivity contribution >= 4 is 39.1 Å². The zero-order valence-electron chi connectivity index (χ0n) is 11.9. The molecule has 4 heteroatoms. The van der Waals surface area contributed by atoms with Gasteiger partial charge in [-0.25, -0.2) is 0 Å². The third-order valence-corrected chi connectivity index (χ3v) is 4.64. The maximum Gasteiger partial charge on any atom is 0.0453 e. The number of rotatable bonds is 6. The Hall–Kier alpha value is -0.540. The average Bonchev–Trinajstić information content (AvgIpc) is 2.45. The van der Waals surface area contributed by atoms with Crippen molar-refractivity contribution in [1.82, 2.24) is 5.32 Å². The van der Waals surface area contributed by atoms with Crippen molar-refractivity contribution < 1.29 is 0 Å². The van der Waals surface area contributed by atoms with Crippen molar-refractivity contribution in [2.45, 2.75) is 25.8 Å². The first-order valence-electron chi connectivity index (χ1n) is 7.01. The van der Waals surface area contributed by atoms with Gasteiger partial charge in [0.25, 0.3) is 0 Å². The van der Waals surface area contributed by atoms with Crippen molar-refractivity contribution in [3.8, 4) is 0 Å². The maximum absolute atomic E-state index is 6.28. The van der Waals surface area contributed by atoms with Crippen LogP contribution in [-0.2, 0) is 12.8 Å². The average molecular weight is 387 g/mol. The molecule has 0 fully saturated rings. The van der Waals surface area contributed by atoms with Crippen LogP contribution in [0.2, 0.25) is 10.0 Å². The molecule has 0 aliphatic rings. The van der Waals surface area contributed by atoms with Gasteiger partial charge in [-0.05, 0) is 54.8 Å². The predicted molar refractivity (Wildman–Crippen MR) is 95.5 cm³/mol. The summed E-state index contributed by atoms with van der Waals surface area (Å²) in [6.07, 6.45) is 1.77. The fraction of sp³-hybridized carbons (Fsp3) is 0.294. The minimum atomic E-state index is 0.313. The summed E-state index contributed by atoms with van der Waals surface area (Å²) in [6.45, 7) is 3.03. The van der Waals surface area contributed by atoms with Crippen LogP contribution in [0.25, 0.3) is 0 Å². The molecular formula is C17H18BrCl2N. The Kier molecular flexibility index (Phi) is 6.56. The maximum atomic E-state index is 6.28. The molecule has 2 aromatic carbocycles. The minimum absolute atomic E-state index is 0.313. The standard InChI is InChI=1S/C17H18BrCl2N/c1-2-21-14(10-12-6-8-13(18)9-7-12)11-15-16(19)4-3-5-17(15)20/h3-9,14,21H,2,10-11H2,1H3. The van der Waals surface area contributed by atoms with E-state index in [9.17, 15) is 0 Å². The van der Waals surface area contributed by atoms with Crippen molar-refractivity contribution in [3.05, 3.63) is 68.1 Å². The van der Waals surface area contributed by atoms with Crippen molar-refractivity contribution in [3.63, 3.8) is 0 Å². The second-order valence-corrected chi connectivity index (χ2v) is 6.72. The topological polar surface area (TPSA) is 12.0 Å². The highest BCUT2D eigenvalue weighted by Crippen LogP contribution is 2.26. The van der Waals surface area contributed by atoms with Crippen LogP contribution in [0.5, 0.6) is 0 Å². The summed E-state index contributed by atoms with van der Waals surface area (Å²) in [7, 11) is 0. The van der Waals surface area contributed by atoms with Crippen LogP contribution in [0.3, 0.4) is 0 Å². The molecule has 0 aliphatic carbocycles. The molecule has 1 atom stereocenters. The van der Waals surface area contributed by atoms with Gasteiger partial charge in [-0.3, -0.25) is 0 Å². The Labute approximate surface area is 144 Å². The summed E-state index contributed by atoms with van der Waals surface area (Å²) in [6, 6.07) is 14.4. The highest BCUT2D eigenvalue weighted by Gasteiger charge is 2.14. The lowest BCUT2D eigenvalue weighted by atomic mass is 9.99. The summed E-state index contributed by atoms with van der Waals surface area (Å²) in [4.78, 5) is 0. The van der Waals surface area contributed by atoms with Crippen molar-refractivity contribution in [2.75, 3.05) is 6.54 Å². The van der Waals surface area contributed by atoms with Gasteiger partial charge < -0.3 is 5.32 Å². The van der Waals surface area contributed by atoms with Gasteiger partial charge in [-0.2, -0.15) is 0 Å². The smallest absolute Gasteiger partial charge is 0.0453 e. The zero-order chi connectivity index (χ0) is 15.2. The molecule has 0 bridgehead atoms. The summed E-state index contributed by atoms with van der Waals surface area (Å²) >= 11 is 16.0. The molecule has 0 radical (unpaired) electrons. The molecule has 112 valence electrons. The van der Waals surface area contributed by atoms with Crippen LogP contribution in [0, 0.1) is 0 Å². The Morgan fingerprint density at radius 2 is 1.62 bits per heavy atom. The SMILES string of the molecule is CCNC(Cc1ccc(Br)cc1)Cc1c(Cl)cccc1Cl. The number of likely N-dealkylation sites (N-methyl/N-ethyl adjacent to an activating group) is 1.